The maximum Gasteiger partial charge on any atom is 0.209 e. The molecule has 0 saturated heterocycles. The van der Waals surface area contributed by atoms with Crippen molar-refractivity contribution in [1.82, 2.24) is 10.0 Å². The van der Waals surface area contributed by atoms with E-state index in [0.717, 1.165) is 0 Å². The van der Waals surface area contributed by atoms with Crippen LogP contribution in [-0.4, -0.2) is 32.8 Å². The number of sulfonamides is 1. The Morgan fingerprint density at radius 2 is 1.72 bits per heavy atom. The molecule has 0 unspecified atom stereocenters. The molecular formula is C13H28N2O2S. The van der Waals surface area contributed by atoms with E-state index < -0.39 is 15.6 Å². The second kappa shape index (κ2) is 5.47. The molecule has 0 aromatic carbocycles. The first kappa shape index (κ1) is 15.9. The molecule has 0 aromatic heterocycles. The van der Waals surface area contributed by atoms with Crippen LogP contribution < -0.4 is 10.0 Å². The van der Waals surface area contributed by atoms with Gasteiger partial charge in [0.2, 0.25) is 10.0 Å². The minimum Gasteiger partial charge on any atom is -0.312 e. The third-order valence-corrected chi connectivity index (χ3v) is 4.56. The van der Waals surface area contributed by atoms with Crippen LogP contribution in [0, 0.1) is 5.41 Å². The van der Waals surface area contributed by atoms with E-state index in [1.165, 1.54) is 31.9 Å². The van der Waals surface area contributed by atoms with Crippen molar-refractivity contribution in [3.05, 3.63) is 0 Å². The van der Waals surface area contributed by atoms with Gasteiger partial charge in [-0.3, -0.25) is 0 Å². The number of hydrogen-bond acceptors (Lipinski definition) is 3. The molecule has 0 amide bonds. The predicted octanol–water partition coefficient (Wildman–Crippen LogP) is 1.87. The Morgan fingerprint density at radius 3 is 2.17 bits per heavy atom. The van der Waals surface area contributed by atoms with Crippen LogP contribution in [0.15, 0.2) is 0 Å². The van der Waals surface area contributed by atoms with Gasteiger partial charge in [-0.05, 0) is 44.9 Å². The van der Waals surface area contributed by atoms with Crippen molar-refractivity contribution in [2.45, 2.75) is 65.0 Å². The number of hydrogen-bond donors (Lipinski definition) is 2. The summed E-state index contributed by atoms with van der Waals surface area (Å²) in [7, 11) is -3.14. The van der Waals surface area contributed by atoms with Crippen LogP contribution >= 0.6 is 0 Å². The molecule has 0 aromatic rings. The van der Waals surface area contributed by atoms with E-state index in [4.69, 9.17) is 0 Å². The summed E-state index contributed by atoms with van der Waals surface area (Å²) in [5.41, 5.74) is 0.0409. The fraction of sp³-hybridized carbons (Fsp3) is 1.00. The lowest BCUT2D eigenvalue weighted by molar-refractivity contribution is 0.201. The zero-order chi connectivity index (χ0) is 14.0. The van der Waals surface area contributed by atoms with Crippen molar-refractivity contribution < 1.29 is 8.42 Å². The van der Waals surface area contributed by atoms with E-state index in [1.807, 2.05) is 13.8 Å². The molecule has 1 aliphatic carbocycles. The molecule has 0 radical (unpaired) electrons. The molecule has 1 aliphatic rings. The van der Waals surface area contributed by atoms with Crippen molar-refractivity contribution in [2.75, 3.05) is 12.8 Å². The van der Waals surface area contributed by atoms with Gasteiger partial charge in [-0.25, -0.2) is 13.1 Å². The molecule has 108 valence electrons. The highest BCUT2D eigenvalue weighted by atomic mass is 32.2. The molecule has 1 rings (SSSR count). The van der Waals surface area contributed by atoms with Crippen LogP contribution in [0.5, 0.6) is 0 Å². The maximum atomic E-state index is 11.2. The number of rotatable bonds is 5. The van der Waals surface area contributed by atoms with Crippen LogP contribution in [0.3, 0.4) is 0 Å². The second-order valence-electron chi connectivity index (χ2n) is 7.08. The van der Waals surface area contributed by atoms with E-state index >= 15 is 0 Å². The third-order valence-electron chi connectivity index (χ3n) is 3.63. The summed E-state index contributed by atoms with van der Waals surface area (Å²) in [5, 5.41) is 3.50. The van der Waals surface area contributed by atoms with Crippen molar-refractivity contribution in [3.8, 4) is 0 Å². The van der Waals surface area contributed by atoms with Crippen molar-refractivity contribution in [2.24, 2.45) is 5.41 Å². The first-order valence-corrected chi connectivity index (χ1v) is 8.61. The van der Waals surface area contributed by atoms with Crippen LogP contribution in [0.1, 0.15) is 53.4 Å². The van der Waals surface area contributed by atoms with E-state index in [0.29, 0.717) is 18.0 Å². The smallest absolute Gasteiger partial charge is 0.209 e. The molecule has 18 heavy (non-hydrogen) atoms. The highest BCUT2D eigenvalue weighted by Gasteiger charge is 2.28. The standard InChI is InChI=1S/C13H28N2O2S/c1-12(2)8-6-11(7-9-12)14-10-13(3,4)15-18(5,16)17/h11,14-15H,6-10H2,1-5H3. The van der Waals surface area contributed by atoms with Crippen LogP contribution in [-0.2, 0) is 10.0 Å². The lowest BCUT2D eigenvalue weighted by Crippen LogP contribution is -2.52. The molecule has 0 spiro atoms. The summed E-state index contributed by atoms with van der Waals surface area (Å²) >= 11 is 0. The molecule has 2 N–H and O–H groups in total. The Morgan fingerprint density at radius 1 is 1.22 bits per heavy atom. The highest BCUT2D eigenvalue weighted by molar-refractivity contribution is 7.88. The minimum absolute atomic E-state index is 0.430. The van der Waals surface area contributed by atoms with Gasteiger partial charge in [0.1, 0.15) is 0 Å². The molecule has 5 heteroatoms. The Kier molecular flexibility index (Phi) is 4.84. The SMILES string of the molecule is CC1(C)CCC(NCC(C)(C)NS(C)(=O)=O)CC1. The summed E-state index contributed by atoms with van der Waals surface area (Å²) in [5.74, 6) is 0. The van der Waals surface area contributed by atoms with Gasteiger partial charge in [0.15, 0.2) is 0 Å². The van der Waals surface area contributed by atoms with Gasteiger partial charge in [-0.2, -0.15) is 0 Å². The Balaban J connectivity index is 2.37. The van der Waals surface area contributed by atoms with Gasteiger partial charge < -0.3 is 5.32 Å². The predicted molar refractivity (Wildman–Crippen MR) is 76.1 cm³/mol. The fourth-order valence-corrected chi connectivity index (χ4v) is 3.62. The summed E-state index contributed by atoms with van der Waals surface area (Å²) in [6.07, 6.45) is 6.05. The molecule has 1 fully saturated rings. The zero-order valence-electron chi connectivity index (χ0n) is 12.3. The van der Waals surface area contributed by atoms with Gasteiger partial charge in [0.25, 0.3) is 0 Å². The third kappa shape index (κ3) is 6.16. The second-order valence-corrected chi connectivity index (χ2v) is 8.83. The van der Waals surface area contributed by atoms with E-state index in [1.54, 1.807) is 0 Å². The van der Waals surface area contributed by atoms with Gasteiger partial charge >= 0.3 is 0 Å². The Bertz CT molecular complexity index is 364. The monoisotopic (exact) mass is 276 g/mol. The largest absolute Gasteiger partial charge is 0.312 e. The maximum absolute atomic E-state index is 11.2. The average Bonchev–Trinajstić information content (AvgIpc) is 2.12. The summed E-state index contributed by atoms with van der Waals surface area (Å²) in [6, 6.07) is 0.527. The molecule has 0 bridgehead atoms. The molecule has 1 saturated carbocycles. The number of nitrogens with one attached hydrogen (secondary N) is 2. The van der Waals surface area contributed by atoms with Gasteiger partial charge in [-0.1, -0.05) is 13.8 Å². The van der Waals surface area contributed by atoms with Crippen molar-refractivity contribution in [1.29, 1.82) is 0 Å². The summed E-state index contributed by atoms with van der Waals surface area (Å²) < 4.78 is 25.1. The van der Waals surface area contributed by atoms with E-state index in [-0.39, 0.29) is 0 Å². The first-order valence-electron chi connectivity index (χ1n) is 6.72. The van der Waals surface area contributed by atoms with Gasteiger partial charge in [0, 0.05) is 18.1 Å². The topological polar surface area (TPSA) is 58.2 Å². The van der Waals surface area contributed by atoms with Gasteiger partial charge in [-0.15, -0.1) is 0 Å². The lowest BCUT2D eigenvalue weighted by atomic mass is 9.75. The summed E-state index contributed by atoms with van der Waals surface area (Å²) in [4.78, 5) is 0. The molecule has 0 aliphatic heterocycles. The first-order chi connectivity index (χ1) is 7.99. The van der Waals surface area contributed by atoms with Crippen LogP contribution in [0.25, 0.3) is 0 Å². The molecule has 0 atom stereocenters. The quantitative estimate of drug-likeness (QED) is 0.806. The summed E-state index contributed by atoms with van der Waals surface area (Å²) in [6.45, 7) is 9.13. The van der Waals surface area contributed by atoms with Crippen molar-refractivity contribution in [3.63, 3.8) is 0 Å². The Labute approximate surface area is 112 Å². The normalized spacial score (nSPS) is 22.1. The van der Waals surface area contributed by atoms with Crippen molar-refractivity contribution >= 4 is 10.0 Å². The van der Waals surface area contributed by atoms with E-state index in [9.17, 15) is 8.42 Å². The highest BCUT2D eigenvalue weighted by Crippen LogP contribution is 2.35. The zero-order valence-corrected chi connectivity index (χ0v) is 13.2. The van der Waals surface area contributed by atoms with E-state index in [2.05, 4.69) is 23.9 Å². The fourth-order valence-electron chi connectivity index (χ4n) is 2.54. The molecule has 0 heterocycles. The molecular weight excluding hydrogens is 248 g/mol. The average molecular weight is 276 g/mol. The van der Waals surface area contributed by atoms with Gasteiger partial charge in [0.05, 0.1) is 6.26 Å². The molecule has 4 nitrogen and oxygen atoms in total. The lowest BCUT2D eigenvalue weighted by Gasteiger charge is -2.36. The minimum atomic E-state index is -3.14. The Hall–Kier alpha value is -0.130. The van der Waals surface area contributed by atoms with Crippen LogP contribution in [0.2, 0.25) is 0 Å². The van der Waals surface area contributed by atoms with Crippen LogP contribution in [0.4, 0.5) is 0 Å².